The zero-order valence-electron chi connectivity index (χ0n) is 17.2. The van der Waals surface area contributed by atoms with Gasteiger partial charge < -0.3 is 14.8 Å². The minimum Gasteiger partial charge on any atom is -0.493 e. The summed E-state index contributed by atoms with van der Waals surface area (Å²) < 4.78 is 60.5. The van der Waals surface area contributed by atoms with Crippen LogP contribution in [0.3, 0.4) is 0 Å². The molecule has 0 aliphatic heterocycles. The van der Waals surface area contributed by atoms with Crippen molar-refractivity contribution in [2.24, 2.45) is 7.05 Å². The summed E-state index contributed by atoms with van der Waals surface area (Å²) in [5, 5.41) is 6.56. The number of rotatable bonds is 9. The van der Waals surface area contributed by atoms with Crippen LogP contribution in [0.25, 0.3) is 0 Å². The Bertz CT molecular complexity index is 1200. The fourth-order valence-electron chi connectivity index (χ4n) is 2.56. The standard InChI is InChI=1S/C20H20F2N4O5S/c1-26-7-5-18(25-26)24-20(27)13-9-15(30-8-6-17(21)22)11-16(10-13)31-14-3-4-19(23-12-14)32(2,28)29/h3-5,7,9-12,17H,6,8H2,1-2H3,(H,24,25,27). The first-order valence-electron chi connectivity index (χ1n) is 9.31. The lowest BCUT2D eigenvalue weighted by atomic mass is 10.2. The first-order valence-corrected chi connectivity index (χ1v) is 11.2. The van der Waals surface area contributed by atoms with Crippen molar-refractivity contribution in [3.05, 3.63) is 54.4 Å². The third-order valence-corrected chi connectivity index (χ3v) is 5.03. The maximum atomic E-state index is 12.6. The summed E-state index contributed by atoms with van der Waals surface area (Å²) in [5.41, 5.74) is 0.140. The summed E-state index contributed by atoms with van der Waals surface area (Å²) in [4.78, 5) is 16.5. The topological polar surface area (TPSA) is 112 Å². The molecule has 0 spiro atoms. The maximum Gasteiger partial charge on any atom is 0.257 e. The van der Waals surface area contributed by atoms with Gasteiger partial charge >= 0.3 is 0 Å². The highest BCUT2D eigenvalue weighted by atomic mass is 32.2. The van der Waals surface area contributed by atoms with Gasteiger partial charge in [-0.1, -0.05) is 0 Å². The van der Waals surface area contributed by atoms with Gasteiger partial charge in [0, 0.05) is 43.6 Å². The predicted molar refractivity (Wildman–Crippen MR) is 111 cm³/mol. The van der Waals surface area contributed by atoms with Gasteiger partial charge in [0.2, 0.25) is 6.43 Å². The number of hydrogen-bond acceptors (Lipinski definition) is 7. The van der Waals surface area contributed by atoms with Crippen LogP contribution in [-0.2, 0) is 16.9 Å². The normalized spacial score (nSPS) is 11.4. The Kier molecular flexibility index (Phi) is 7.03. The van der Waals surface area contributed by atoms with E-state index in [4.69, 9.17) is 9.47 Å². The zero-order valence-corrected chi connectivity index (χ0v) is 18.0. The molecule has 0 unspecified atom stereocenters. The van der Waals surface area contributed by atoms with Gasteiger partial charge in [-0.05, 0) is 24.3 Å². The molecule has 0 saturated carbocycles. The number of aryl methyl sites for hydroxylation is 1. The first kappa shape index (κ1) is 23.1. The molecular formula is C20H20F2N4O5S. The van der Waals surface area contributed by atoms with E-state index >= 15 is 0 Å². The van der Waals surface area contributed by atoms with E-state index in [-0.39, 0.29) is 34.4 Å². The quantitative estimate of drug-likeness (QED) is 0.515. The number of carbonyl (C=O) groups excluding carboxylic acids is 1. The molecule has 1 N–H and O–H groups in total. The van der Waals surface area contributed by atoms with Crippen molar-refractivity contribution in [3.8, 4) is 17.2 Å². The van der Waals surface area contributed by atoms with Crippen LogP contribution in [0.15, 0.2) is 53.8 Å². The molecule has 9 nitrogen and oxygen atoms in total. The van der Waals surface area contributed by atoms with Crippen molar-refractivity contribution in [3.63, 3.8) is 0 Å². The second-order valence-corrected chi connectivity index (χ2v) is 8.72. The van der Waals surface area contributed by atoms with E-state index in [2.05, 4.69) is 15.4 Å². The maximum absolute atomic E-state index is 12.6. The monoisotopic (exact) mass is 466 g/mol. The van der Waals surface area contributed by atoms with Crippen molar-refractivity contribution in [2.75, 3.05) is 18.2 Å². The molecule has 2 heterocycles. The van der Waals surface area contributed by atoms with E-state index in [9.17, 15) is 22.0 Å². The van der Waals surface area contributed by atoms with Gasteiger partial charge in [-0.25, -0.2) is 22.2 Å². The highest BCUT2D eigenvalue weighted by Crippen LogP contribution is 2.28. The van der Waals surface area contributed by atoms with Crippen LogP contribution in [-0.4, -0.2) is 48.4 Å². The number of benzene rings is 1. The third-order valence-electron chi connectivity index (χ3n) is 4.03. The van der Waals surface area contributed by atoms with E-state index in [1.165, 1.54) is 41.2 Å². The van der Waals surface area contributed by atoms with Crippen molar-refractivity contribution in [2.45, 2.75) is 17.9 Å². The lowest BCUT2D eigenvalue weighted by Gasteiger charge is -2.12. The molecule has 3 rings (SSSR count). The molecule has 2 aromatic heterocycles. The average Bonchev–Trinajstić information content (AvgIpc) is 3.12. The van der Waals surface area contributed by atoms with Crippen LogP contribution in [0, 0.1) is 0 Å². The smallest absolute Gasteiger partial charge is 0.257 e. The minimum atomic E-state index is -3.47. The van der Waals surface area contributed by atoms with Crippen LogP contribution in [0.4, 0.5) is 14.6 Å². The number of amides is 1. The van der Waals surface area contributed by atoms with E-state index in [1.54, 1.807) is 19.3 Å². The molecule has 0 fully saturated rings. The Hall–Kier alpha value is -3.54. The molecule has 3 aromatic rings. The number of nitrogens with zero attached hydrogens (tertiary/aromatic N) is 3. The number of hydrogen-bond donors (Lipinski definition) is 1. The fraction of sp³-hybridized carbons (Fsp3) is 0.250. The van der Waals surface area contributed by atoms with Gasteiger partial charge in [0.05, 0.1) is 12.8 Å². The molecule has 0 atom stereocenters. The second-order valence-electron chi connectivity index (χ2n) is 6.76. The van der Waals surface area contributed by atoms with Crippen molar-refractivity contribution in [1.82, 2.24) is 14.8 Å². The molecule has 0 aliphatic carbocycles. The number of pyridine rings is 1. The van der Waals surface area contributed by atoms with Crippen molar-refractivity contribution >= 4 is 21.6 Å². The Balaban J connectivity index is 1.84. The summed E-state index contributed by atoms with van der Waals surface area (Å²) >= 11 is 0. The summed E-state index contributed by atoms with van der Waals surface area (Å²) in [6.45, 7) is -0.257. The number of sulfone groups is 1. The van der Waals surface area contributed by atoms with Crippen LogP contribution in [0.2, 0.25) is 0 Å². The first-order chi connectivity index (χ1) is 15.1. The summed E-state index contributed by atoms with van der Waals surface area (Å²) in [7, 11) is -1.77. The van der Waals surface area contributed by atoms with Crippen LogP contribution >= 0.6 is 0 Å². The number of nitrogens with one attached hydrogen (secondary N) is 1. The van der Waals surface area contributed by atoms with Crippen LogP contribution in [0.5, 0.6) is 17.2 Å². The minimum absolute atomic E-state index is 0.121. The molecule has 0 aliphatic rings. The highest BCUT2D eigenvalue weighted by Gasteiger charge is 2.14. The third kappa shape index (κ3) is 6.48. The number of alkyl halides is 2. The SMILES string of the molecule is Cn1ccc(NC(=O)c2cc(OCCC(F)F)cc(Oc3ccc(S(C)(=O)=O)nc3)c2)n1. The van der Waals surface area contributed by atoms with Crippen molar-refractivity contribution < 1.29 is 31.5 Å². The van der Waals surface area contributed by atoms with E-state index in [1.807, 2.05) is 0 Å². The summed E-state index contributed by atoms with van der Waals surface area (Å²) in [6, 6.07) is 8.52. The summed E-state index contributed by atoms with van der Waals surface area (Å²) in [6.07, 6.45) is 0.899. The number of anilines is 1. The number of carbonyl (C=O) groups is 1. The molecule has 12 heteroatoms. The van der Waals surface area contributed by atoms with Gasteiger partial charge in [-0.2, -0.15) is 5.10 Å². The zero-order chi connectivity index (χ0) is 23.3. The average molecular weight is 466 g/mol. The molecule has 1 aromatic carbocycles. The molecule has 170 valence electrons. The Labute approximate surface area is 182 Å². The number of aromatic nitrogens is 3. The second kappa shape index (κ2) is 9.73. The predicted octanol–water partition coefficient (Wildman–Crippen LogP) is 3.30. The summed E-state index contributed by atoms with van der Waals surface area (Å²) in [5.74, 6) is 0.329. The largest absolute Gasteiger partial charge is 0.493 e. The van der Waals surface area contributed by atoms with Gasteiger partial charge in [0.1, 0.15) is 17.2 Å². The highest BCUT2D eigenvalue weighted by molar-refractivity contribution is 7.90. The van der Waals surface area contributed by atoms with Gasteiger partial charge in [-0.3, -0.25) is 9.48 Å². The van der Waals surface area contributed by atoms with E-state index in [0.717, 1.165) is 6.26 Å². The van der Waals surface area contributed by atoms with Gasteiger partial charge in [-0.15, -0.1) is 0 Å². The lowest BCUT2D eigenvalue weighted by molar-refractivity contribution is 0.102. The lowest BCUT2D eigenvalue weighted by Crippen LogP contribution is -2.13. The van der Waals surface area contributed by atoms with E-state index in [0.29, 0.717) is 5.82 Å². The van der Waals surface area contributed by atoms with E-state index < -0.39 is 28.6 Å². The van der Waals surface area contributed by atoms with Gasteiger partial charge in [0.25, 0.3) is 5.91 Å². The van der Waals surface area contributed by atoms with Crippen molar-refractivity contribution in [1.29, 1.82) is 0 Å². The number of halogens is 2. The Morgan fingerprint density at radius 1 is 1.16 bits per heavy atom. The molecule has 32 heavy (non-hydrogen) atoms. The van der Waals surface area contributed by atoms with Crippen LogP contribution in [0.1, 0.15) is 16.8 Å². The van der Waals surface area contributed by atoms with Crippen LogP contribution < -0.4 is 14.8 Å². The Morgan fingerprint density at radius 2 is 1.91 bits per heavy atom. The molecule has 0 saturated heterocycles. The number of ether oxygens (including phenoxy) is 2. The molecular weight excluding hydrogens is 446 g/mol. The fourth-order valence-corrected chi connectivity index (χ4v) is 3.12. The molecule has 0 radical (unpaired) electrons. The molecule has 1 amide bonds. The Morgan fingerprint density at radius 3 is 2.50 bits per heavy atom. The molecule has 0 bridgehead atoms. The van der Waals surface area contributed by atoms with Gasteiger partial charge in [0.15, 0.2) is 20.7 Å².